The number of fused-ring (bicyclic) bond motifs is 1. The number of carbonyl (C=O) groups is 1. The number of aryl methyl sites for hydroxylation is 2. The fourth-order valence-electron chi connectivity index (χ4n) is 4.17. The molecular formula is C23H25F3N2O2. The number of hydrogen-bond donors (Lipinski definition) is 1. The minimum atomic E-state index is -4.56. The smallest absolute Gasteiger partial charge is 0.378 e. The van der Waals surface area contributed by atoms with Crippen molar-refractivity contribution >= 4 is 17.3 Å². The van der Waals surface area contributed by atoms with Crippen molar-refractivity contribution in [3.05, 3.63) is 58.7 Å². The van der Waals surface area contributed by atoms with Crippen LogP contribution in [0.4, 0.5) is 24.5 Å². The van der Waals surface area contributed by atoms with Gasteiger partial charge in [-0.15, -0.1) is 0 Å². The first-order valence-corrected chi connectivity index (χ1v) is 10.3. The van der Waals surface area contributed by atoms with Crippen LogP contribution in [-0.4, -0.2) is 32.2 Å². The van der Waals surface area contributed by atoms with Gasteiger partial charge in [-0.1, -0.05) is 18.2 Å². The van der Waals surface area contributed by atoms with Gasteiger partial charge in [0.05, 0.1) is 30.9 Å². The summed E-state index contributed by atoms with van der Waals surface area (Å²) in [6.07, 6.45) is -0.161. The van der Waals surface area contributed by atoms with Crippen molar-refractivity contribution in [1.29, 1.82) is 0 Å². The first-order chi connectivity index (χ1) is 14.4. The monoisotopic (exact) mass is 418 g/mol. The number of nitrogens with zero attached hydrogens (tertiary/aromatic N) is 1. The Kier molecular flexibility index (Phi) is 5.99. The van der Waals surface area contributed by atoms with Gasteiger partial charge in [0.1, 0.15) is 0 Å². The first kappa shape index (κ1) is 20.7. The van der Waals surface area contributed by atoms with E-state index in [4.69, 9.17) is 4.74 Å². The van der Waals surface area contributed by atoms with E-state index < -0.39 is 17.6 Å². The van der Waals surface area contributed by atoms with E-state index in [9.17, 15) is 18.0 Å². The van der Waals surface area contributed by atoms with Crippen LogP contribution in [-0.2, 0) is 35.0 Å². The van der Waals surface area contributed by atoms with E-state index in [0.717, 1.165) is 30.9 Å². The van der Waals surface area contributed by atoms with Crippen molar-refractivity contribution in [3.8, 4) is 0 Å². The summed E-state index contributed by atoms with van der Waals surface area (Å²) in [6.45, 7) is 2.06. The standard InChI is InChI=1S/C23H25F3N2O2/c24-23(25,26)20-15-19(28-9-11-30-12-10-28)7-8-21(20)27-22(29)14-16-5-6-17-3-1-2-4-18(17)13-16/h5-8,13,15H,1-4,9-12,14H2,(H,27,29). The highest BCUT2D eigenvalue weighted by molar-refractivity contribution is 5.93. The van der Waals surface area contributed by atoms with E-state index in [1.54, 1.807) is 6.07 Å². The predicted octanol–water partition coefficient (Wildman–Crippen LogP) is 4.60. The van der Waals surface area contributed by atoms with E-state index >= 15 is 0 Å². The number of carbonyl (C=O) groups excluding carboxylic acids is 1. The van der Waals surface area contributed by atoms with Crippen LogP contribution in [0.5, 0.6) is 0 Å². The topological polar surface area (TPSA) is 41.6 Å². The second-order valence-corrected chi connectivity index (χ2v) is 7.86. The highest BCUT2D eigenvalue weighted by Crippen LogP contribution is 2.37. The van der Waals surface area contributed by atoms with Crippen LogP contribution in [0, 0.1) is 0 Å². The third-order valence-electron chi connectivity index (χ3n) is 5.74. The molecule has 1 aliphatic carbocycles. The molecule has 0 aromatic heterocycles. The van der Waals surface area contributed by atoms with Gasteiger partial charge in [0.2, 0.25) is 5.91 Å². The Bertz CT molecular complexity index is 921. The molecule has 1 heterocycles. The molecule has 2 aliphatic rings. The Morgan fingerprint density at radius 3 is 2.47 bits per heavy atom. The molecule has 1 saturated heterocycles. The lowest BCUT2D eigenvalue weighted by atomic mass is 9.90. The van der Waals surface area contributed by atoms with Gasteiger partial charge in [-0.2, -0.15) is 13.2 Å². The average Bonchev–Trinajstić information content (AvgIpc) is 2.74. The maximum absolute atomic E-state index is 13.7. The zero-order valence-corrected chi connectivity index (χ0v) is 16.7. The van der Waals surface area contributed by atoms with Crippen molar-refractivity contribution in [1.82, 2.24) is 0 Å². The summed E-state index contributed by atoms with van der Waals surface area (Å²) in [4.78, 5) is 14.4. The van der Waals surface area contributed by atoms with Crippen molar-refractivity contribution in [2.45, 2.75) is 38.3 Å². The molecule has 1 aliphatic heterocycles. The van der Waals surface area contributed by atoms with Crippen LogP contribution < -0.4 is 10.2 Å². The molecule has 0 atom stereocenters. The van der Waals surface area contributed by atoms with Crippen LogP contribution >= 0.6 is 0 Å². The minimum absolute atomic E-state index is 0.0514. The maximum Gasteiger partial charge on any atom is 0.418 e. The van der Waals surface area contributed by atoms with Gasteiger partial charge in [-0.25, -0.2) is 0 Å². The summed E-state index contributed by atoms with van der Waals surface area (Å²) >= 11 is 0. The Morgan fingerprint density at radius 2 is 1.73 bits per heavy atom. The van der Waals surface area contributed by atoms with E-state index in [1.807, 2.05) is 23.1 Å². The summed E-state index contributed by atoms with van der Waals surface area (Å²) in [7, 11) is 0. The molecule has 2 aromatic rings. The molecule has 30 heavy (non-hydrogen) atoms. The summed E-state index contributed by atoms with van der Waals surface area (Å²) < 4.78 is 46.3. The molecule has 0 saturated carbocycles. The van der Waals surface area contributed by atoms with Crippen molar-refractivity contribution in [2.24, 2.45) is 0 Å². The third-order valence-corrected chi connectivity index (χ3v) is 5.74. The largest absolute Gasteiger partial charge is 0.418 e. The lowest BCUT2D eigenvalue weighted by molar-refractivity contribution is -0.136. The van der Waals surface area contributed by atoms with E-state index in [0.29, 0.717) is 32.0 Å². The maximum atomic E-state index is 13.7. The number of ether oxygens (including phenoxy) is 1. The molecule has 0 radical (unpaired) electrons. The molecule has 1 amide bonds. The first-order valence-electron chi connectivity index (χ1n) is 10.3. The van der Waals surface area contributed by atoms with Gasteiger partial charge in [0.15, 0.2) is 0 Å². The molecule has 1 fully saturated rings. The van der Waals surface area contributed by atoms with Gasteiger partial charge < -0.3 is 15.0 Å². The molecule has 2 aromatic carbocycles. The number of hydrogen-bond acceptors (Lipinski definition) is 3. The average molecular weight is 418 g/mol. The van der Waals surface area contributed by atoms with Crippen molar-refractivity contribution in [2.75, 3.05) is 36.5 Å². The lowest BCUT2D eigenvalue weighted by Crippen LogP contribution is -2.36. The van der Waals surface area contributed by atoms with Crippen LogP contribution in [0.25, 0.3) is 0 Å². The van der Waals surface area contributed by atoms with Crippen molar-refractivity contribution < 1.29 is 22.7 Å². The van der Waals surface area contributed by atoms with Crippen LogP contribution in [0.2, 0.25) is 0 Å². The summed E-state index contributed by atoms with van der Waals surface area (Å²) in [6, 6.07) is 10.0. The Balaban J connectivity index is 1.50. The molecule has 7 heteroatoms. The van der Waals surface area contributed by atoms with E-state index in [-0.39, 0.29) is 12.1 Å². The zero-order valence-electron chi connectivity index (χ0n) is 16.7. The van der Waals surface area contributed by atoms with E-state index in [1.165, 1.54) is 23.6 Å². The Morgan fingerprint density at radius 1 is 1.00 bits per heavy atom. The van der Waals surface area contributed by atoms with Gasteiger partial charge in [-0.05, 0) is 60.6 Å². The van der Waals surface area contributed by atoms with Gasteiger partial charge in [-0.3, -0.25) is 4.79 Å². The van der Waals surface area contributed by atoms with Gasteiger partial charge in [0.25, 0.3) is 0 Å². The number of benzene rings is 2. The summed E-state index contributed by atoms with van der Waals surface area (Å²) in [5.41, 5.74) is 2.83. The molecule has 1 N–H and O–H groups in total. The highest BCUT2D eigenvalue weighted by atomic mass is 19.4. The number of anilines is 2. The number of halogens is 3. The van der Waals surface area contributed by atoms with Crippen LogP contribution in [0.3, 0.4) is 0 Å². The van der Waals surface area contributed by atoms with E-state index in [2.05, 4.69) is 5.32 Å². The number of morpholine rings is 1. The molecule has 0 unspecified atom stereocenters. The fourth-order valence-corrected chi connectivity index (χ4v) is 4.17. The fraction of sp³-hybridized carbons (Fsp3) is 0.435. The van der Waals surface area contributed by atoms with Gasteiger partial charge in [0, 0.05) is 18.8 Å². The molecular weight excluding hydrogens is 393 g/mol. The summed E-state index contributed by atoms with van der Waals surface area (Å²) in [5.74, 6) is -0.449. The second-order valence-electron chi connectivity index (χ2n) is 7.86. The highest BCUT2D eigenvalue weighted by Gasteiger charge is 2.35. The predicted molar refractivity (Wildman–Crippen MR) is 110 cm³/mol. The quantitative estimate of drug-likeness (QED) is 0.789. The second kappa shape index (κ2) is 8.68. The third kappa shape index (κ3) is 4.78. The molecule has 0 spiro atoms. The molecule has 160 valence electrons. The Hall–Kier alpha value is -2.54. The lowest BCUT2D eigenvalue weighted by Gasteiger charge is -2.29. The molecule has 0 bridgehead atoms. The van der Waals surface area contributed by atoms with Gasteiger partial charge >= 0.3 is 6.18 Å². The summed E-state index contributed by atoms with van der Waals surface area (Å²) in [5, 5.41) is 2.47. The van der Waals surface area contributed by atoms with Crippen LogP contribution in [0.1, 0.15) is 35.1 Å². The number of rotatable bonds is 4. The number of amides is 1. The minimum Gasteiger partial charge on any atom is -0.378 e. The number of alkyl halides is 3. The Labute approximate surface area is 174 Å². The molecule has 4 rings (SSSR count). The van der Waals surface area contributed by atoms with Crippen LogP contribution in [0.15, 0.2) is 36.4 Å². The zero-order chi connectivity index (χ0) is 21.1. The normalized spacial score (nSPS) is 16.8. The molecule has 4 nitrogen and oxygen atoms in total. The SMILES string of the molecule is O=C(Cc1ccc2c(c1)CCCC2)Nc1ccc(N2CCOCC2)cc1C(F)(F)F. The van der Waals surface area contributed by atoms with Crippen molar-refractivity contribution in [3.63, 3.8) is 0 Å². The number of nitrogens with one attached hydrogen (secondary N) is 1.